The minimum absolute atomic E-state index is 0.0815. The van der Waals surface area contributed by atoms with Crippen molar-refractivity contribution in [3.8, 4) is 0 Å². The van der Waals surface area contributed by atoms with Gasteiger partial charge in [-0.05, 0) is 35.9 Å². The van der Waals surface area contributed by atoms with E-state index in [1.807, 2.05) is 18.2 Å². The Balaban J connectivity index is 1.42. The molecule has 0 saturated carbocycles. The van der Waals surface area contributed by atoms with Crippen LogP contribution < -0.4 is 5.32 Å². The van der Waals surface area contributed by atoms with Crippen molar-refractivity contribution in [3.05, 3.63) is 106 Å². The molecule has 0 atom stereocenters. The maximum absolute atomic E-state index is 13.0. The van der Waals surface area contributed by atoms with E-state index in [1.54, 1.807) is 23.9 Å². The summed E-state index contributed by atoms with van der Waals surface area (Å²) in [6.07, 6.45) is 2.06. The molecule has 0 saturated heterocycles. The van der Waals surface area contributed by atoms with Crippen LogP contribution in [0.1, 0.15) is 15.9 Å². The highest BCUT2D eigenvalue weighted by molar-refractivity contribution is 7.98. The van der Waals surface area contributed by atoms with Gasteiger partial charge in [-0.2, -0.15) is 0 Å². The molecule has 0 bridgehead atoms. The zero-order valence-corrected chi connectivity index (χ0v) is 17.8. The number of thioether (sulfide) groups is 1. The molecular formula is C24H20FN3O3S. The Labute approximate surface area is 188 Å². The third kappa shape index (κ3) is 4.97. The van der Waals surface area contributed by atoms with E-state index < -0.39 is 4.92 Å². The van der Waals surface area contributed by atoms with Crippen LogP contribution in [0.3, 0.4) is 0 Å². The van der Waals surface area contributed by atoms with Crippen molar-refractivity contribution in [1.29, 1.82) is 0 Å². The van der Waals surface area contributed by atoms with Crippen LogP contribution in [0.25, 0.3) is 10.9 Å². The maximum Gasteiger partial charge on any atom is 0.269 e. The van der Waals surface area contributed by atoms with Gasteiger partial charge in [-0.1, -0.05) is 30.3 Å². The molecule has 4 aromatic rings. The van der Waals surface area contributed by atoms with Gasteiger partial charge in [0.05, 0.1) is 4.92 Å². The Kier molecular flexibility index (Phi) is 6.51. The van der Waals surface area contributed by atoms with Crippen molar-refractivity contribution in [2.24, 2.45) is 0 Å². The van der Waals surface area contributed by atoms with Crippen molar-refractivity contribution >= 4 is 34.3 Å². The van der Waals surface area contributed by atoms with E-state index in [0.29, 0.717) is 24.4 Å². The fourth-order valence-corrected chi connectivity index (χ4v) is 4.43. The van der Waals surface area contributed by atoms with Gasteiger partial charge in [0, 0.05) is 58.5 Å². The summed E-state index contributed by atoms with van der Waals surface area (Å²) in [4.78, 5) is 23.8. The number of carbonyl (C=O) groups excluding carboxylic acids is 1. The van der Waals surface area contributed by atoms with Gasteiger partial charge in [0.15, 0.2) is 0 Å². The monoisotopic (exact) mass is 449 g/mol. The van der Waals surface area contributed by atoms with E-state index in [1.165, 1.54) is 36.4 Å². The molecule has 3 aromatic carbocycles. The summed E-state index contributed by atoms with van der Waals surface area (Å²) in [6, 6.07) is 20.1. The molecule has 0 aliphatic rings. The van der Waals surface area contributed by atoms with Gasteiger partial charge in [-0.15, -0.1) is 11.8 Å². The van der Waals surface area contributed by atoms with Crippen molar-refractivity contribution < 1.29 is 14.1 Å². The number of hydrogen-bond acceptors (Lipinski definition) is 4. The van der Waals surface area contributed by atoms with Crippen LogP contribution >= 0.6 is 11.8 Å². The number of para-hydroxylation sites is 1. The van der Waals surface area contributed by atoms with Crippen LogP contribution in [0, 0.1) is 15.9 Å². The maximum atomic E-state index is 13.0. The van der Waals surface area contributed by atoms with Crippen LogP contribution in [0.2, 0.25) is 0 Å². The summed E-state index contributed by atoms with van der Waals surface area (Å²) < 4.78 is 15.1. The summed E-state index contributed by atoms with van der Waals surface area (Å²) in [5.74, 6) is 0.0705. The number of benzene rings is 3. The molecule has 0 unspecified atom stereocenters. The second kappa shape index (κ2) is 9.65. The molecule has 1 aromatic heterocycles. The van der Waals surface area contributed by atoms with Crippen LogP contribution in [-0.4, -0.2) is 21.9 Å². The fourth-order valence-electron chi connectivity index (χ4n) is 3.38. The zero-order chi connectivity index (χ0) is 22.5. The molecule has 32 heavy (non-hydrogen) atoms. The number of aromatic nitrogens is 1. The Hall–Kier alpha value is -3.65. The highest BCUT2D eigenvalue weighted by Gasteiger charge is 2.11. The SMILES string of the molecule is O=C(NCCn1cc(SCc2ccc([N+](=O)[O-])cc2)c2ccccc21)c1ccc(F)cc1. The Bertz CT molecular complexity index is 1250. The van der Waals surface area contributed by atoms with Crippen LogP contribution in [-0.2, 0) is 12.3 Å². The molecule has 1 amide bonds. The number of fused-ring (bicyclic) bond motifs is 1. The largest absolute Gasteiger partial charge is 0.350 e. The molecule has 0 aliphatic carbocycles. The van der Waals surface area contributed by atoms with Gasteiger partial charge in [0.25, 0.3) is 11.6 Å². The quantitative estimate of drug-likeness (QED) is 0.222. The first-order valence-corrected chi connectivity index (χ1v) is 11.0. The molecule has 8 heteroatoms. The van der Waals surface area contributed by atoms with Crippen LogP contribution in [0.15, 0.2) is 83.9 Å². The summed E-state index contributed by atoms with van der Waals surface area (Å²) in [5.41, 5.74) is 2.57. The lowest BCUT2D eigenvalue weighted by atomic mass is 10.2. The number of nitro groups is 1. The Morgan fingerprint density at radius 2 is 1.75 bits per heavy atom. The molecule has 1 heterocycles. The third-order valence-electron chi connectivity index (χ3n) is 5.04. The average molecular weight is 450 g/mol. The molecule has 6 nitrogen and oxygen atoms in total. The van der Waals surface area contributed by atoms with E-state index in [2.05, 4.69) is 22.1 Å². The van der Waals surface area contributed by atoms with Crippen LogP contribution in [0.5, 0.6) is 0 Å². The number of nitro benzene ring substituents is 1. The van der Waals surface area contributed by atoms with E-state index in [9.17, 15) is 19.3 Å². The van der Waals surface area contributed by atoms with Gasteiger partial charge in [0.2, 0.25) is 0 Å². The molecule has 0 radical (unpaired) electrons. The predicted molar refractivity (Wildman–Crippen MR) is 123 cm³/mol. The first-order valence-electron chi connectivity index (χ1n) is 9.99. The minimum atomic E-state index is -0.403. The highest BCUT2D eigenvalue weighted by atomic mass is 32.2. The van der Waals surface area contributed by atoms with Crippen molar-refractivity contribution in [3.63, 3.8) is 0 Å². The molecule has 4 rings (SSSR count). The van der Waals surface area contributed by atoms with Crippen molar-refractivity contribution in [2.45, 2.75) is 17.2 Å². The van der Waals surface area contributed by atoms with Crippen molar-refractivity contribution in [1.82, 2.24) is 9.88 Å². The minimum Gasteiger partial charge on any atom is -0.350 e. The number of nitrogens with one attached hydrogen (secondary N) is 1. The molecule has 0 spiro atoms. The first-order chi connectivity index (χ1) is 15.5. The van der Waals surface area contributed by atoms with E-state index in [4.69, 9.17) is 0 Å². The first kappa shape index (κ1) is 21.6. The van der Waals surface area contributed by atoms with E-state index in [-0.39, 0.29) is 17.4 Å². The Morgan fingerprint density at radius 1 is 1.03 bits per heavy atom. The number of non-ortho nitro benzene ring substituents is 1. The summed E-state index contributed by atoms with van der Waals surface area (Å²) in [7, 11) is 0. The lowest BCUT2D eigenvalue weighted by Gasteiger charge is -2.07. The number of carbonyl (C=O) groups is 1. The number of nitrogens with zero attached hydrogens (tertiary/aromatic N) is 2. The lowest BCUT2D eigenvalue weighted by Crippen LogP contribution is -2.27. The smallest absolute Gasteiger partial charge is 0.269 e. The lowest BCUT2D eigenvalue weighted by molar-refractivity contribution is -0.384. The molecule has 0 fully saturated rings. The van der Waals surface area contributed by atoms with Gasteiger partial charge in [-0.25, -0.2) is 4.39 Å². The third-order valence-corrected chi connectivity index (χ3v) is 6.15. The van der Waals surface area contributed by atoms with Crippen LogP contribution in [0.4, 0.5) is 10.1 Å². The topological polar surface area (TPSA) is 77.2 Å². The number of rotatable bonds is 8. The zero-order valence-electron chi connectivity index (χ0n) is 17.0. The molecule has 0 aliphatic heterocycles. The fraction of sp³-hybridized carbons (Fsp3) is 0.125. The molecule has 1 N–H and O–H groups in total. The summed E-state index contributed by atoms with van der Waals surface area (Å²) in [6.45, 7) is 1.02. The Morgan fingerprint density at radius 3 is 2.47 bits per heavy atom. The van der Waals surface area contributed by atoms with Crippen molar-refractivity contribution in [2.75, 3.05) is 6.54 Å². The normalized spacial score (nSPS) is 10.9. The van der Waals surface area contributed by atoms with Gasteiger partial charge in [0.1, 0.15) is 5.82 Å². The molecule has 162 valence electrons. The second-order valence-electron chi connectivity index (χ2n) is 7.18. The number of halogens is 1. The summed E-state index contributed by atoms with van der Waals surface area (Å²) in [5, 5.41) is 14.8. The van der Waals surface area contributed by atoms with Gasteiger partial charge >= 0.3 is 0 Å². The molecular weight excluding hydrogens is 429 g/mol. The number of amides is 1. The van der Waals surface area contributed by atoms with E-state index in [0.717, 1.165) is 21.4 Å². The average Bonchev–Trinajstić information content (AvgIpc) is 3.16. The summed E-state index contributed by atoms with van der Waals surface area (Å²) >= 11 is 1.66. The standard InChI is InChI=1S/C24H20FN3O3S/c25-19-9-7-18(8-10-19)24(29)26-13-14-27-15-23(21-3-1-2-4-22(21)27)32-16-17-5-11-20(12-6-17)28(30)31/h1-12,15H,13-14,16H2,(H,26,29). The second-order valence-corrected chi connectivity index (χ2v) is 8.20. The van der Waals surface area contributed by atoms with Gasteiger partial charge in [-0.3, -0.25) is 14.9 Å². The number of hydrogen-bond donors (Lipinski definition) is 1. The van der Waals surface area contributed by atoms with E-state index >= 15 is 0 Å². The van der Waals surface area contributed by atoms with Gasteiger partial charge < -0.3 is 9.88 Å². The predicted octanol–water partition coefficient (Wildman–Crippen LogP) is 5.41. The highest BCUT2D eigenvalue weighted by Crippen LogP contribution is 2.32.